The Morgan fingerprint density at radius 3 is 2.86 bits per heavy atom. The van der Waals surface area contributed by atoms with Crippen molar-refractivity contribution in [3.8, 4) is 5.75 Å². The van der Waals surface area contributed by atoms with Gasteiger partial charge in [-0.15, -0.1) is 0 Å². The fourth-order valence-electron chi connectivity index (χ4n) is 2.26. The van der Waals surface area contributed by atoms with Gasteiger partial charge >= 0.3 is 5.97 Å². The van der Waals surface area contributed by atoms with E-state index in [1.54, 1.807) is 24.5 Å². The van der Waals surface area contributed by atoms with Gasteiger partial charge in [-0.3, -0.25) is 10.1 Å². The van der Waals surface area contributed by atoms with E-state index in [2.05, 4.69) is 15.2 Å². The summed E-state index contributed by atoms with van der Waals surface area (Å²) >= 11 is 0. The van der Waals surface area contributed by atoms with Crippen LogP contribution in [0.4, 0.5) is 0 Å². The van der Waals surface area contributed by atoms with Gasteiger partial charge in [-0.25, -0.2) is 4.79 Å². The number of hydrogen-bond acceptors (Lipinski definition) is 4. The highest BCUT2D eigenvalue weighted by atomic mass is 16.5. The van der Waals surface area contributed by atoms with E-state index >= 15 is 0 Å². The molecule has 6 heteroatoms. The summed E-state index contributed by atoms with van der Waals surface area (Å²) < 4.78 is 5.28. The van der Waals surface area contributed by atoms with E-state index in [1.807, 2.05) is 18.2 Å². The van der Waals surface area contributed by atoms with Crippen LogP contribution in [0.25, 0.3) is 23.1 Å². The summed E-state index contributed by atoms with van der Waals surface area (Å²) in [6.45, 7) is 0. The summed E-state index contributed by atoms with van der Waals surface area (Å²) in [7, 11) is 1.45. The van der Waals surface area contributed by atoms with E-state index in [0.29, 0.717) is 22.3 Å². The largest absolute Gasteiger partial charge is 0.495 e. The monoisotopic (exact) mass is 295 g/mol. The van der Waals surface area contributed by atoms with Crippen LogP contribution in [-0.4, -0.2) is 33.4 Å². The average Bonchev–Trinajstić information content (AvgIpc) is 2.96. The second kappa shape index (κ2) is 5.69. The summed E-state index contributed by atoms with van der Waals surface area (Å²) in [5.74, 6) is -0.744. The molecule has 2 heterocycles. The first-order chi connectivity index (χ1) is 10.7. The normalized spacial score (nSPS) is 11.1. The molecule has 0 aliphatic rings. The number of H-pyrrole nitrogens is 1. The lowest BCUT2D eigenvalue weighted by Gasteiger charge is -2.06. The molecule has 0 fully saturated rings. The molecule has 3 rings (SSSR count). The number of ether oxygens (including phenoxy) is 1. The maximum absolute atomic E-state index is 11.3. The van der Waals surface area contributed by atoms with Crippen molar-refractivity contribution in [1.82, 2.24) is 15.2 Å². The summed E-state index contributed by atoms with van der Waals surface area (Å²) in [6, 6.07) is 6.93. The summed E-state index contributed by atoms with van der Waals surface area (Å²) in [6.07, 6.45) is 7.08. The zero-order valence-corrected chi connectivity index (χ0v) is 11.8. The number of aromatic carboxylic acids is 1. The molecule has 1 aromatic carbocycles. The van der Waals surface area contributed by atoms with E-state index in [1.165, 1.54) is 13.2 Å². The summed E-state index contributed by atoms with van der Waals surface area (Å²) in [4.78, 5) is 15.3. The first-order valence-corrected chi connectivity index (χ1v) is 6.57. The zero-order valence-electron chi connectivity index (χ0n) is 11.8. The van der Waals surface area contributed by atoms with E-state index < -0.39 is 5.97 Å². The molecular formula is C16H13N3O3. The SMILES string of the molecule is COc1c(C(=O)O)ccc2[nH]nc(C=Cc3cccnc3)c12. The van der Waals surface area contributed by atoms with Crippen LogP contribution in [0.3, 0.4) is 0 Å². The topological polar surface area (TPSA) is 88.1 Å². The Kier molecular flexibility index (Phi) is 3.57. The van der Waals surface area contributed by atoms with Gasteiger partial charge < -0.3 is 9.84 Å². The minimum Gasteiger partial charge on any atom is -0.495 e. The number of carboxylic acids is 1. The minimum absolute atomic E-state index is 0.104. The van der Waals surface area contributed by atoms with Gasteiger partial charge in [0.15, 0.2) is 0 Å². The molecule has 22 heavy (non-hydrogen) atoms. The number of carboxylic acid groups (broad SMARTS) is 1. The van der Waals surface area contributed by atoms with Crippen molar-refractivity contribution in [1.29, 1.82) is 0 Å². The van der Waals surface area contributed by atoms with Gasteiger partial charge in [0.1, 0.15) is 11.3 Å². The number of rotatable bonds is 4. The molecule has 0 saturated carbocycles. The number of aromatic amines is 1. The molecule has 0 atom stereocenters. The number of nitrogens with one attached hydrogen (secondary N) is 1. The fourth-order valence-corrected chi connectivity index (χ4v) is 2.26. The van der Waals surface area contributed by atoms with E-state index in [4.69, 9.17) is 4.74 Å². The molecule has 6 nitrogen and oxygen atoms in total. The Morgan fingerprint density at radius 2 is 2.18 bits per heavy atom. The molecule has 0 saturated heterocycles. The third-order valence-electron chi connectivity index (χ3n) is 3.26. The van der Waals surface area contributed by atoms with Crippen molar-refractivity contribution < 1.29 is 14.6 Å². The molecule has 0 bridgehead atoms. The van der Waals surface area contributed by atoms with Crippen LogP contribution in [0.5, 0.6) is 5.75 Å². The predicted molar refractivity (Wildman–Crippen MR) is 82.8 cm³/mol. The summed E-state index contributed by atoms with van der Waals surface area (Å²) in [5, 5.41) is 17.0. The second-order valence-corrected chi connectivity index (χ2v) is 4.60. The van der Waals surface area contributed by atoms with Gasteiger partial charge in [0.2, 0.25) is 0 Å². The number of benzene rings is 1. The van der Waals surface area contributed by atoms with Gasteiger partial charge in [0.25, 0.3) is 0 Å². The van der Waals surface area contributed by atoms with Crippen molar-refractivity contribution in [3.63, 3.8) is 0 Å². The van der Waals surface area contributed by atoms with Gasteiger partial charge in [-0.2, -0.15) is 5.10 Å². The standard InChI is InChI=1S/C16H13N3O3/c1-22-15-11(16(20)21)5-7-13-14(15)12(18-19-13)6-4-10-3-2-8-17-9-10/h2-9H,1H3,(H,18,19)(H,20,21). The number of nitrogens with zero attached hydrogens (tertiary/aromatic N) is 2. The van der Waals surface area contributed by atoms with Crippen molar-refractivity contribution in [2.75, 3.05) is 7.11 Å². The first kappa shape index (κ1) is 13.8. The highest BCUT2D eigenvalue weighted by Crippen LogP contribution is 2.32. The van der Waals surface area contributed by atoms with Crippen LogP contribution in [0.15, 0.2) is 36.7 Å². The Bertz CT molecular complexity index is 854. The molecule has 0 unspecified atom stereocenters. The van der Waals surface area contributed by atoms with Gasteiger partial charge in [-0.05, 0) is 29.8 Å². The lowest BCUT2D eigenvalue weighted by molar-refractivity contribution is 0.0693. The van der Waals surface area contributed by atoms with Crippen LogP contribution < -0.4 is 4.74 Å². The van der Waals surface area contributed by atoms with Gasteiger partial charge in [0.05, 0.1) is 23.7 Å². The molecular weight excluding hydrogens is 282 g/mol. The Labute approximate surface area is 126 Å². The molecule has 3 aromatic rings. The third kappa shape index (κ3) is 2.42. The van der Waals surface area contributed by atoms with Crippen molar-refractivity contribution in [2.45, 2.75) is 0 Å². The Balaban J connectivity index is 2.12. The number of fused-ring (bicyclic) bond motifs is 1. The van der Waals surface area contributed by atoms with Gasteiger partial charge in [-0.1, -0.05) is 12.1 Å². The zero-order chi connectivity index (χ0) is 15.5. The smallest absolute Gasteiger partial charge is 0.339 e. The van der Waals surface area contributed by atoms with Gasteiger partial charge in [0, 0.05) is 12.4 Å². The van der Waals surface area contributed by atoms with Crippen LogP contribution in [-0.2, 0) is 0 Å². The number of methoxy groups -OCH3 is 1. The van der Waals surface area contributed by atoms with E-state index in [0.717, 1.165) is 5.56 Å². The van der Waals surface area contributed by atoms with Crippen LogP contribution in [0, 0.1) is 0 Å². The van der Waals surface area contributed by atoms with E-state index in [9.17, 15) is 9.90 Å². The maximum atomic E-state index is 11.3. The van der Waals surface area contributed by atoms with Crippen molar-refractivity contribution >= 4 is 29.0 Å². The van der Waals surface area contributed by atoms with Crippen LogP contribution in [0.1, 0.15) is 21.6 Å². The molecule has 0 radical (unpaired) electrons. The second-order valence-electron chi connectivity index (χ2n) is 4.60. The van der Waals surface area contributed by atoms with Crippen LogP contribution >= 0.6 is 0 Å². The van der Waals surface area contributed by atoms with Crippen molar-refractivity contribution in [2.24, 2.45) is 0 Å². The Morgan fingerprint density at radius 1 is 1.32 bits per heavy atom. The number of pyridine rings is 1. The molecule has 0 spiro atoms. The average molecular weight is 295 g/mol. The quantitative estimate of drug-likeness (QED) is 0.772. The lowest BCUT2D eigenvalue weighted by Crippen LogP contribution is -2.00. The number of aromatic nitrogens is 3. The Hall–Kier alpha value is -3.15. The van der Waals surface area contributed by atoms with Crippen molar-refractivity contribution in [3.05, 3.63) is 53.5 Å². The fraction of sp³-hybridized carbons (Fsp3) is 0.0625. The molecule has 0 amide bonds. The highest BCUT2D eigenvalue weighted by molar-refractivity contribution is 6.02. The first-order valence-electron chi connectivity index (χ1n) is 6.57. The maximum Gasteiger partial charge on any atom is 0.339 e. The third-order valence-corrected chi connectivity index (χ3v) is 3.26. The molecule has 2 aromatic heterocycles. The number of hydrogen-bond donors (Lipinski definition) is 2. The lowest BCUT2D eigenvalue weighted by atomic mass is 10.1. The van der Waals surface area contributed by atoms with E-state index in [-0.39, 0.29) is 5.56 Å². The molecule has 2 N–H and O–H groups in total. The molecule has 110 valence electrons. The number of carbonyl (C=O) groups is 1. The molecule has 0 aliphatic carbocycles. The minimum atomic E-state index is -1.04. The predicted octanol–water partition coefficient (Wildman–Crippen LogP) is 2.84. The summed E-state index contributed by atoms with van der Waals surface area (Å²) in [5.41, 5.74) is 2.35. The molecule has 0 aliphatic heterocycles. The highest BCUT2D eigenvalue weighted by Gasteiger charge is 2.17. The van der Waals surface area contributed by atoms with Crippen LogP contribution in [0.2, 0.25) is 0 Å².